The van der Waals surface area contributed by atoms with Gasteiger partial charge in [-0.1, -0.05) is 12.1 Å². The van der Waals surface area contributed by atoms with E-state index in [4.69, 9.17) is 28.4 Å². The predicted molar refractivity (Wildman–Crippen MR) is 158 cm³/mol. The van der Waals surface area contributed by atoms with Gasteiger partial charge < -0.3 is 33.7 Å². The molecule has 0 saturated carbocycles. The molecule has 0 aromatic heterocycles. The maximum Gasteiger partial charge on any atom is 0.336 e. The van der Waals surface area contributed by atoms with Crippen LogP contribution in [0.25, 0.3) is 0 Å². The quantitative estimate of drug-likeness (QED) is 0.217. The molecule has 4 rings (SSSR count). The number of hydrogen-bond donors (Lipinski definition) is 1. The molecule has 2 aliphatic rings. The number of ketones is 1. The molecule has 43 heavy (non-hydrogen) atoms. The van der Waals surface area contributed by atoms with Crippen molar-refractivity contribution in [1.29, 1.82) is 0 Å². The maximum atomic E-state index is 14.0. The van der Waals surface area contributed by atoms with Crippen LogP contribution in [0.15, 0.2) is 58.9 Å². The van der Waals surface area contributed by atoms with Crippen molar-refractivity contribution in [2.75, 3.05) is 34.5 Å². The van der Waals surface area contributed by atoms with Gasteiger partial charge in [-0.3, -0.25) is 9.59 Å². The van der Waals surface area contributed by atoms with E-state index in [0.717, 1.165) is 11.3 Å². The zero-order valence-electron chi connectivity index (χ0n) is 25.7. The van der Waals surface area contributed by atoms with Crippen LogP contribution in [0.1, 0.15) is 63.5 Å². The van der Waals surface area contributed by atoms with Crippen molar-refractivity contribution in [2.24, 2.45) is 0 Å². The number of allylic oxidation sites excluding steroid dienone is 3. The summed E-state index contributed by atoms with van der Waals surface area (Å²) in [5.74, 6) is -0.250. The standard InChI is InChI=1S/C33H39NO9/c1-18(2)41-12-13-42-33(37)30-19(3)34-24-14-23(21-8-10-26(38-5)28(16-21)39-6)15-25(36)32(24)31(30)22-9-11-27(43-20(4)35)29(17-22)40-7/h8-11,16-18,23,31,34H,12-15H2,1-7H3/t23-,31-/m1/s1. The van der Waals surface area contributed by atoms with E-state index < -0.39 is 17.9 Å². The number of ether oxygens (including phenoxy) is 6. The van der Waals surface area contributed by atoms with E-state index in [-0.39, 0.29) is 43.2 Å². The number of esters is 2. The molecular formula is C33H39NO9. The van der Waals surface area contributed by atoms with Crippen LogP contribution in [0.3, 0.4) is 0 Å². The number of carbonyl (C=O) groups excluding carboxylic acids is 3. The first kappa shape index (κ1) is 31.6. The Bertz CT molecular complexity index is 1460. The van der Waals surface area contributed by atoms with Crippen LogP contribution in [-0.4, -0.2) is 58.4 Å². The van der Waals surface area contributed by atoms with E-state index in [0.29, 0.717) is 46.1 Å². The molecule has 10 heteroatoms. The normalized spacial score (nSPS) is 18.2. The van der Waals surface area contributed by atoms with Crippen LogP contribution >= 0.6 is 0 Å². The van der Waals surface area contributed by atoms with Crippen LogP contribution in [0.4, 0.5) is 0 Å². The van der Waals surface area contributed by atoms with Gasteiger partial charge in [0, 0.05) is 36.2 Å². The highest BCUT2D eigenvalue weighted by Crippen LogP contribution is 2.47. The van der Waals surface area contributed by atoms with Crippen LogP contribution < -0.4 is 24.3 Å². The first-order chi connectivity index (χ1) is 20.6. The van der Waals surface area contributed by atoms with Gasteiger partial charge in [0.1, 0.15) is 6.61 Å². The van der Waals surface area contributed by atoms with Crippen LogP contribution in [-0.2, 0) is 23.9 Å². The summed E-state index contributed by atoms with van der Waals surface area (Å²) in [6.45, 7) is 7.22. The molecule has 0 fully saturated rings. The second-order valence-corrected chi connectivity index (χ2v) is 10.7. The molecule has 1 aliphatic heterocycles. The number of rotatable bonds is 11. The largest absolute Gasteiger partial charge is 0.493 e. The Morgan fingerprint density at radius 2 is 1.51 bits per heavy atom. The summed E-state index contributed by atoms with van der Waals surface area (Å²) >= 11 is 0. The number of methoxy groups -OCH3 is 3. The van der Waals surface area contributed by atoms with Crippen molar-refractivity contribution in [2.45, 2.75) is 58.5 Å². The Kier molecular flexibility index (Phi) is 10.1. The number of hydrogen-bond acceptors (Lipinski definition) is 10. The number of Topliss-reactive ketones (excluding diaryl/α,β-unsaturated/α-hetero) is 1. The van der Waals surface area contributed by atoms with E-state index in [9.17, 15) is 14.4 Å². The minimum Gasteiger partial charge on any atom is -0.493 e. The zero-order chi connectivity index (χ0) is 31.3. The smallest absolute Gasteiger partial charge is 0.336 e. The minimum atomic E-state index is -0.728. The molecule has 0 bridgehead atoms. The van der Waals surface area contributed by atoms with E-state index in [2.05, 4.69) is 5.32 Å². The summed E-state index contributed by atoms with van der Waals surface area (Å²) in [5.41, 5.74) is 3.71. The molecule has 10 nitrogen and oxygen atoms in total. The maximum absolute atomic E-state index is 14.0. The number of carbonyl (C=O) groups is 3. The molecule has 1 aliphatic carbocycles. The summed E-state index contributed by atoms with van der Waals surface area (Å²) in [5, 5.41) is 3.35. The number of nitrogens with one attached hydrogen (secondary N) is 1. The lowest BCUT2D eigenvalue weighted by atomic mass is 9.71. The molecule has 2 aromatic rings. The van der Waals surface area contributed by atoms with Gasteiger partial charge in [-0.25, -0.2) is 4.79 Å². The molecular weight excluding hydrogens is 554 g/mol. The minimum absolute atomic E-state index is 0.00172. The van der Waals surface area contributed by atoms with Gasteiger partial charge in [-0.2, -0.15) is 0 Å². The summed E-state index contributed by atoms with van der Waals surface area (Å²) in [7, 11) is 4.61. The van der Waals surface area contributed by atoms with Crippen molar-refractivity contribution in [1.82, 2.24) is 5.32 Å². The average molecular weight is 594 g/mol. The first-order valence-corrected chi connectivity index (χ1v) is 14.2. The third kappa shape index (κ3) is 7.02. The van der Waals surface area contributed by atoms with E-state index >= 15 is 0 Å². The second-order valence-electron chi connectivity index (χ2n) is 10.7. The lowest BCUT2D eigenvalue weighted by Crippen LogP contribution is -2.36. The highest BCUT2D eigenvalue weighted by Gasteiger charge is 2.42. The Morgan fingerprint density at radius 1 is 0.884 bits per heavy atom. The molecule has 2 aromatic carbocycles. The summed E-state index contributed by atoms with van der Waals surface area (Å²) in [6.07, 6.45) is 0.772. The van der Waals surface area contributed by atoms with Gasteiger partial charge in [0.05, 0.1) is 39.6 Å². The Hall–Kier alpha value is -4.31. The number of dihydropyridines is 1. The summed E-state index contributed by atoms with van der Waals surface area (Å²) in [4.78, 5) is 39.2. The van der Waals surface area contributed by atoms with Gasteiger partial charge in [-0.05, 0) is 68.5 Å². The van der Waals surface area contributed by atoms with Crippen molar-refractivity contribution >= 4 is 17.7 Å². The summed E-state index contributed by atoms with van der Waals surface area (Å²) in [6, 6.07) is 10.7. The molecule has 0 amide bonds. The fourth-order valence-corrected chi connectivity index (χ4v) is 5.58. The van der Waals surface area contributed by atoms with Crippen molar-refractivity contribution in [3.63, 3.8) is 0 Å². The van der Waals surface area contributed by atoms with E-state index in [1.807, 2.05) is 32.0 Å². The Balaban J connectivity index is 1.75. The molecule has 230 valence electrons. The third-order valence-corrected chi connectivity index (χ3v) is 7.47. The first-order valence-electron chi connectivity index (χ1n) is 14.2. The lowest BCUT2D eigenvalue weighted by molar-refractivity contribution is -0.141. The lowest BCUT2D eigenvalue weighted by Gasteiger charge is -2.37. The van der Waals surface area contributed by atoms with Crippen molar-refractivity contribution in [3.05, 3.63) is 70.1 Å². The van der Waals surface area contributed by atoms with Gasteiger partial charge in [0.25, 0.3) is 0 Å². The van der Waals surface area contributed by atoms with Crippen LogP contribution in [0.5, 0.6) is 23.0 Å². The Labute approximate surface area is 251 Å². The molecule has 1 N–H and O–H groups in total. The van der Waals surface area contributed by atoms with Gasteiger partial charge in [-0.15, -0.1) is 0 Å². The topological polar surface area (TPSA) is 119 Å². The molecule has 0 radical (unpaired) electrons. The molecule has 0 unspecified atom stereocenters. The Morgan fingerprint density at radius 3 is 2.16 bits per heavy atom. The zero-order valence-corrected chi connectivity index (χ0v) is 25.7. The molecule has 0 spiro atoms. The van der Waals surface area contributed by atoms with Crippen LogP contribution in [0, 0.1) is 0 Å². The van der Waals surface area contributed by atoms with E-state index in [1.165, 1.54) is 14.0 Å². The SMILES string of the molecule is COc1ccc([C@H]2CC(=O)C3=C(C2)NC(C)=C(C(=O)OCCOC(C)C)[C@H]3c2ccc(OC(C)=O)c(OC)c2)cc1OC. The van der Waals surface area contributed by atoms with Crippen molar-refractivity contribution < 1.29 is 42.8 Å². The monoisotopic (exact) mass is 593 g/mol. The van der Waals surface area contributed by atoms with Crippen LogP contribution in [0.2, 0.25) is 0 Å². The average Bonchev–Trinajstić information content (AvgIpc) is 2.97. The van der Waals surface area contributed by atoms with Gasteiger partial charge >= 0.3 is 11.9 Å². The number of benzene rings is 2. The van der Waals surface area contributed by atoms with Crippen molar-refractivity contribution in [3.8, 4) is 23.0 Å². The van der Waals surface area contributed by atoms with Gasteiger partial charge in [0.2, 0.25) is 0 Å². The predicted octanol–water partition coefficient (Wildman–Crippen LogP) is 4.97. The highest BCUT2D eigenvalue weighted by atomic mass is 16.6. The fourth-order valence-electron chi connectivity index (χ4n) is 5.58. The summed E-state index contributed by atoms with van der Waals surface area (Å²) < 4.78 is 32.8. The van der Waals surface area contributed by atoms with Gasteiger partial charge in [0.15, 0.2) is 28.8 Å². The fraction of sp³-hybridized carbons (Fsp3) is 0.424. The molecule has 1 heterocycles. The highest BCUT2D eigenvalue weighted by molar-refractivity contribution is 6.04. The van der Waals surface area contributed by atoms with E-state index in [1.54, 1.807) is 39.3 Å². The molecule has 2 atom stereocenters. The third-order valence-electron chi connectivity index (χ3n) is 7.47. The molecule has 0 saturated heterocycles. The second kappa shape index (κ2) is 13.8.